The van der Waals surface area contributed by atoms with Crippen LogP contribution >= 0.6 is 11.3 Å². The van der Waals surface area contributed by atoms with Gasteiger partial charge in [-0.25, -0.2) is 4.98 Å². The maximum absolute atomic E-state index is 11.7. The fourth-order valence-electron chi connectivity index (χ4n) is 1.32. The Balaban J connectivity index is 2.06. The van der Waals surface area contributed by atoms with Crippen molar-refractivity contribution in [1.29, 1.82) is 0 Å². The van der Waals surface area contributed by atoms with Crippen molar-refractivity contribution in [3.05, 3.63) is 40.6 Å². The molecule has 0 aliphatic heterocycles. The number of carbonyl (C=O) groups is 2. The lowest BCUT2D eigenvalue weighted by Gasteiger charge is -1.95. The van der Waals surface area contributed by atoms with Crippen molar-refractivity contribution in [1.82, 2.24) is 9.55 Å². The highest BCUT2D eigenvalue weighted by atomic mass is 32.1. The van der Waals surface area contributed by atoms with E-state index >= 15 is 0 Å². The summed E-state index contributed by atoms with van der Waals surface area (Å²) in [5, 5.41) is 3.56. The molecule has 2 heterocycles. The predicted octanol–water partition coefficient (Wildman–Crippen LogP) is 1.94. The summed E-state index contributed by atoms with van der Waals surface area (Å²) < 4.78 is 1.68. The normalized spacial score (nSPS) is 10.3. The Morgan fingerprint density at radius 1 is 1.44 bits per heavy atom. The van der Waals surface area contributed by atoms with Crippen LogP contribution in [0.15, 0.2) is 29.4 Å². The van der Waals surface area contributed by atoms with Crippen LogP contribution in [0, 0.1) is 0 Å². The van der Waals surface area contributed by atoms with Crippen LogP contribution < -0.4 is 0 Å². The van der Waals surface area contributed by atoms with Crippen LogP contribution in [-0.4, -0.2) is 21.1 Å². The molecule has 0 atom stereocenters. The molecular formula is C11H10N2O2S. The highest BCUT2D eigenvalue weighted by Crippen LogP contribution is 2.10. The average molecular weight is 234 g/mol. The monoisotopic (exact) mass is 234 g/mol. The molecule has 0 saturated carbocycles. The van der Waals surface area contributed by atoms with Crippen LogP contribution in [0.2, 0.25) is 0 Å². The van der Waals surface area contributed by atoms with Gasteiger partial charge in [-0.2, -0.15) is 11.3 Å². The number of hydrogen-bond acceptors (Lipinski definition) is 4. The molecule has 0 saturated heterocycles. The van der Waals surface area contributed by atoms with Gasteiger partial charge in [0.15, 0.2) is 11.6 Å². The Kier molecular flexibility index (Phi) is 2.96. The third-order valence-electron chi connectivity index (χ3n) is 2.15. The number of aryl methyl sites for hydroxylation is 1. The number of aromatic nitrogens is 2. The van der Waals surface area contributed by atoms with Crippen molar-refractivity contribution >= 4 is 22.9 Å². The summed E-state index contributed by atoms with van der Waals surface area (Å²) in [5.74, 6) is -0.395. The molecular weight excluding hydrogens is 224 g/mol. The van der Waals surface area contributed by atoms with Crippen molar-refractivity contribution in [3.8, 4) is 0 Å². The lowest BCUT2D eigenvalue weighted by Crippen LogP contribution is -2.08. The van der Waals surface area contributed by atoms with Gasteiger partial charge in [-0.3, -0.25) is 9.59 Å². The molecule has 0 bridgehead atoms. The predicted molar refractivity (Wildman–Crippen MR) is 60.8 cm³/mol. The summed E-state index contributed by atoms with van der Waals surface area (Å²) in [6, 6.07) is 1.72. The van der Waals surface area contributed by atoms with E-state index in [0.29, 0.717) is 11.3 Å². The summed E-state index contributed by atoms with van der Waals surface area (Å²) in [6.07, 6.45) is 3.04. The summed E-state index contributed by atoms with van der Waals surface area (Å²) in [4.78, 5) is 27.2. The van der Waals surface area contributed by atoms with E-state index in [-0.39, 0.29) is 18.0 Å². The van der Waals surface area contributed by atoms with E-state index < -0.39 is 0 Å². The average Bonchev–Trinajstić information content (AvgIpc) is 2.87. The highest BCUT2D eigenvalue weighted by molar-refractivity contribution is 7.08. The largest absolute Gasteiger partial charge is 0.340 e. The van der Waals surface area contributed by atoms with Crippen molar-refractivity contribution in [3.63, 3.8) is 0 Å². The summed E-state index contributed by atoms with van der Waals surface area (Å²) in [7, 11) is 1.78. The quantitative estimate of drug-likeness (QED) is 0.600. The zero-order chi connectivity index (χ0) is 11.5. The van der Waals surface area contributed by atoms with E-state index in [0.717, 1.165) is 0 Å². The summed E-state index contributed by atoms with van der Waals surface area (Å²) in [6.45, 7) is 0. The molecule has 0 spiro atoms. The van der Waals surface area contributed by atoms with Crippen molar-refractivity contribution in [2.45, 2.75) is 6.42 Å². The Morgan fingerprint density at radius 2 is 2.25 bits per heavy atom. The number of ketones is 2. The SMILES string of the molecule is Cn1cnc(C(=O)CC(=O)c2ccsc2)c1. The van der Waals surface area contributed by atoms with Gasteiger partial charge in [0.2, 0.25) is 0 Å². The molecule has 0 unspecified atom stereocenters. The first kappa shape index (κ1) is 10.8. The van der Waals surface area contributed by atoms with Gasteiger partial charge >= 0.3 is 0 Å². The van der Waals surface area contributed by atoms with Gasteiger partial charge in [-0.05, 0) is 11.4 Å². The van der Waals surface area contributed by atoms with Gasteiger partial charge in [-0.15, -0.1) is 0 Å². The number of thiophene rings is 1. The lowest BCUT2D eigenvalue weighted by molar-refractivity contribution is 0.0892. The molecule has 0 aliphatic rings. The van der Waals surface area contributed by atoms with Gasteiger partial charge in [0.1, 0.15) is 5.69 Å². The second-order valence-electron chi connectivity index (χ2n) is 3.46. The Morgan fingerprint density at radius 3 is 2.81 bits per heavy atom. The summed E-state index contributed by atoms with van der Waals surface area (Å²) in [5.41, 5.74) is 0.931. The Hall–Kier alpha value is -1.75. The van der Waals surface area contributed by atoms with Crippen LogP contribution in [0.1, 0.15) is 27.3 Å². The molecule has 2 aromatic rings. The van der Waals surface area contributed by atoms with E-state index in [2.05, 4.69) is 4.98 Å². The molecule has 2 rings (SSSR count). The lowest BCUT2D eigenvalue weighted by atomic mass is 10.1. The Bertz CT molecular complexity index is 514. The zero-order valence-corrected chi connectivity index (χ0v) is 9.53. The molecule has 0 amide bonds. The fraction of sp³-hybridized carbons (Fsp3) is 0.182. The Labute approximate surface area is 96.6 Å². The van der Waals surface area contributed by atoms with Gasteiger partial charge in [-0.1, -0.05) is 0 Å². The van der Waals surface area contributed by atoms with E-state index in [1.54, 1.807) is 35.6 Å². The third kappa shape index (κ3) is 2.25. The smallest absolute Gasteiger partial charge is 0.190 e. The number of hydrogen-bond donors (Lipinski definition) is 0. The van der Waals surface area contributed by atoms with Crippen LogP contribution in [0.4, 0.5) is 0 Å². The molecule has 5 heteroatoms. The van der Waals surface area contributed by atoms with Crippen molar-refractivity contribution < 1.29 is 9.59 Å². The number of nitrogens with zero attached hydrogens (tertiary/aromatic N) is 2. The van der Waals surface area contributed by atoms with Crippen molar-refractivity contribution in [2.75, 3.05) is 0 Å². The van der Waals surface area contributed by atoms with Gasteiger partial charge in [0.25, 0.3) is 0 Å². The van der Waals surface area contributed by atoms with Crippen molar-refractivity contribution in [2.24, 2.45) is 7.05 Å². The molecule has 2 aromatic heterocycles. The van der Waals surface area contributed by atoms with E-state index in [9.17, 15) is 9.59 Å². The van der Waals surface area contributed by atoms with Crippen LogP contribution in [0.25, 0.3) is 0 Å². The van der Waals surface area contributed by atoms with E-state index in [1.807, 2.05) is 5.38 Å². The number of rotatable bonds is 4. The fourth-order valence-corrected chi connectivity index (χ4v) is 1.98. The van der Waals surface area contributed by atoms with Gasteiger partial charge in [0.05, 0.1) is 12.7 Å². The first-order valence-corrected chi connectivity index (χ1v) is 5.67. The highest BCUT2D eigenvalue weighted by Gasteiger charge is 2.15. The molecule has 16 heavy (non-hydrogen) atoms. The second-order valence-corrected chi connectivity index (χ2v) is 4.24. The molecule has 0 fully saturated rings. The van der Waals surface area contributed by atoms with Gasteiger partial charge in [0, 0.05) is 24.2 Å². The van der Waals surface area contributed by atoms with Gasteiger partial charge < -0.3 is 4.57 Å². The second kappa shape index (κ2) is 4.40. The number of carbonyl (C=O) groups excluding carboxylic acids is 2. The molecule has 0 aliphatic carbocycles. The maximum Gasteiger partial charge on any atom is 0.190 e. The number of Topliss-reactive ketones (excluding diaryl/α,β-unsaturated/α-hetero) is 2. The minimum Gasteiger partial charge on any atom is -0.340 e. The van der Waals surface area contributed by atoms with Crippen LogP contribution in [0.5, 0.6) is 0 Å². The standard InChI is InChI=1S/C11H10N2O2S/c1-13-5-9(12-7-13)11(15)4-10(14)8-2-3-16-6-8/h2-3,5-7H,4H2,1H3. The van der Waals surface area contributed by atoms with Crippen LogP contribution in [-0.2, 0) is 7.05 Å². The topological polar surface area (TPSA) is 52.0 Å². The molecule has 0 aromatic carbocycles. The van der Waals surface area contributed by atoms with E-state index in [4.69, 9.17) is 0 Å². The molecule has 82 valence electrons. The first-order valence-electron chi connectivity index (χ1n) is 4.73. The molecule has 4 nitrogen and oxygen atoms in total. The van der Waals surface area contributed by atoms with E-state index in [1.165, 1.54) is 11.3 Å². The first-order chi connectivity index (χ1) is 7.66. The molecule has 0 radical (unpaired) electrons. The maximum atomic E-state index is 11.7. The minimum absolute atomic E-state index is 0.117. The third-order valence-corrected chi connectivity index (χ3v) is 2.84. The zero-order valence-electron chi connectivity index (χ0n) is 8.71. The number of imidazole rings is 1. The minimum atomic E-state index is -0.239. The summed E-state index contributed by atoms with van der Waals surface area (Å²) >= 11 is 1.44. The van der Waals surface area contributed by atoms with Crippen LogP contribution in [0.3, 0.4) is 0 Å². The molecule has 0 N–H and O–H groups in total.